The van der Waals surface area contributed by atoms with Gasteiger partial charge in [0.1, 0.15) is 11.6 Å². The van der Waals surface area contributed by atoms with E-state index >= 15 is 0 Å². The third kappa shape index (κ3) is 3.24. The predicted octanol–water partition coefficient (Wildman–Crippen LogP) is 3.39. The van der Waals surface area contributed by atoms with Crippen LogP contribution in [0.3, 0.4) is 0 Å². The largest absolute Gasteiger partial charge is 0.207 e. The summed E-state index contributed by atoms with van der Waals surface area (Å²) < 4.78 is 26.0. The van der Waals surface area contributed by atoms with E-state index in [4.69, 9.17) is 5.53 Å². The lowest BCUT2D eigenvalue weighted by Crippen LogP contribution is -1.88. The van der Waals surface area contributed by atoms with Gasteiger partial charge in [0.2, 0.25) is 0 Å². The van der Waals surface area contributed by atoms with Crippen molar-refractivity contribution in [2.45, 2.75) is 0 Å². The molecule has 0 radical (unpaired) electrons. The summed E-state index contributed by atoms with van der Waals surface area (Å²) in [4.78, 5) is 2.48. The van der Waals surface area contributed by atoms with Crippen LogP contribution in [0, 0.1) is 23.5 Å². The molecule has 0 saturated carbocycles. The third-order valence-corrected chi connectivity index (χ3v) is 2.06. The average Bonchev–Trinajstić information content (AvgIpc) is 2.15. The summed E-state index contributed by atoms with van der Waals surface area (Å²) in [5.41, 5.74) is 8.01. The molecule has 6 heteroatoms. The molecule has 1 rings (SSSR count). The standard InChI is InChI=1S/C9H4BrF2N3/c10-8-4-6(11)5-9(12)7(8)2-1-3-14-15-13/h4-5H,3H2. The monoisotopic (exact) mass is 271 g/mol. The van der Waals surface area contributed by atoms with E-state index in [0.717, 1.165) is 12.1 Å². The molecule has 76 valence electrons. The van der Waals surface area contributed by atoms with E-state index in [2.05, 4.69) is 37.8 Å². The summed E-state index contributed by atoms with van der Waals surface area (Å²) in [7, 11) is 0. The van der Waals surface area contributed by atoms with Crippen LogP contribution in [0.2, 0.25) is 0 Å². The Labute approximate surface area is 92.9 Å². The molecule has 3 nitrogen and oxygen atoms in total. The lowest BCUT2D eigenvalue weighted by Gasteiger charge is -1.98. The van der Waals surface area contributed by atoms with Gasteiger partial charge in [0.25, 0.3) is 0 Å². The maximum absolute atomic E-state index is 13.1. The van der Waals surface area contributed by atoms with Crippen molar-refractivity contribution < 1.29 is 8.78 Å². The fourth-order valence-corrected chi connectivity index (χ4v) is 1.36. The first-order valence-corrected chi connectivity index (χ1v) is 4.58. The highest BCUT2D eigenvalue weighted by molar-refractivity contribution is 9.10. The Balaban J connectivity index is 3.02. The van der Waals surface area contributed by atoms with Crippen molar-refractivity contribution in [3.8, 4) is 11.8 Å². The van der Waals surface area contributed by atoms with Crippen molar-refractivity contribution in [2.75, 3.05) is 6.54 Å². The molecule has 0 N–H and O–H groups in total. The molecule has 0 aliphatic carbocycles. The Hall–Kier alpha value is -1.57. The summed E-state index contributed by atoms with van der Waals surface area (Å²) >= 11 is 2.98. The van der Waals surface area contributed by atoms with Gasteiger partial charge in [0.15, 0.2) is 0 Å². The smallest absolute Gasteiger partial charge is 0.142 e. The molecule has 0 fully saturated rings. The quantitative estimate of drug-likeness (QED) is 0.325. The SMILES string of the molecule is [N-]=[N+]=NCC#Cc1c(F)cc(F)cc1Br. The van der Waals surface area contributed by atoms with Gasteiger partial charge >= 0.3 is 0 Å². The van der Waals surface area contributed by atoms with Crippen LogP contribution in [0.4, 0.5) is 8.78 Å². The first-order chi connectivity index (χ1) is 7.15. The molecule has 1 aromatic rings. The van der Waals surface area contributed by atoms with Gasteiger partial charge < -0.3 is 0 Å². The summed E-state index contributed by atoms with van der Waals surface area (Å²) in [6, 6.07) is 1.85. The van der Waals surface area contributed by atoms with Gasteiger partial charge in [0.05, 0.1) is 12.1 Å². The number of halogens is 3. The highest BCUT2D eigenvalue weighted by atomic mass is 79.9. The number of nitrogens with zero attached hydrogens (tertiary/aromatic N) is 3. The molecule has 0 spiro atoms. The lowest BCUT2D eigenvalue weighted by atomic mass is 10.2. The van der Waals surface area contributed by atoms with Crippen molar-refractivity contribution in [2.24, 2.45) is 5.11 Å². The van der Waals surface area contributed by atoms with Crippen LogP contribution in [0.1, 0.15) is 5.56 Å². The zero-order valence-corrected chi connectivity index (χ0v) is 8.92. The maximum atomic E-state index is 13.1. The molecule has 0 amide bonds. The number of hydrogen-bond donors (Lipinski definition) is 0. The first-order valence-electron chi connectivity index (χ1n) is 3.79. The second kappa shape index (κ2) is 5.35. The number of hydrogen-bond acceptors (Lipinski definition) is 1. The van der Waals surface area contributed by atoms with Gasteiger partial charge in [-0.2, -0.15) is 0 Å². The minimum Gasteiger partial charge on any atom is -0.207 e. The number of rotatable bonds is 1. The molecule has 0 atom stereocenters. The zero-order valence-electron chi connectivity index (χ0n) is 7.34. The molecule has 1 aromatic carbocycles. The Kier molecular flexibility index (Phi) is 4.10. The van der Waals surface area contributed by atoms with Gasteiger partial charge in [-0.15, -0.1) is 0 Å². The van der Waals surface area contributed by atoms with Crippen LogP contribution in [0.15, 0.2) is 21.7 Å². The molecule has 0 saturated heterocycles. The second-order valence-electron chi connectivity index (χ2n) is 2.44. The minimum absolute atomic E-state index is 0.0459. The van der Waals surface area contributed by atoms with E-state index < -0.39 is 11.6 Å². The first kappa shape index (κ1) is 11.5. The summed E-state index contributed by atoms with van der Waals surface area (Å²) in [5.74, 6) is 3.45. The third-order valence-electron chi connectivity index (χ3n) is 1.43. The maximum Gasteiger partial charge on any atom is 0.142 e. The molecular formula is C9H4BrF2N3. The van der Waals surface area contributed by atoms with Gasteiger partial charge in [-0.3, -0.25) is 0 Å². The van der Waals surface area contributed by atoms with E-state index in [1.807, 2.05) is 0 Å². The average molecular weight is 272 g/mol. The van der Waals surface area contributed by atoms with Crippen molar-refractivity contribution in [3.05, 3.63) is 44.2 Å². The molecule has 0 aliphatic rings. The number of benzene rings is 1. The highest BCUT2D eigenvalue weighted by Crippen LogP contribution is 2.20. The minimum atomic E-state index is -0.754. The normalized spacial score (nSPS) is 8.73. The fraction of sp³-hybridized carbons (Fsp3) is 0.111. The van der Waals surface area contributed by atoms with Gasteiger partial charge in [-0.25, -0.2) is 8.78 Å². The Bertz CT molecular complexity index is 461. The van der Waals surface area contributed by atoms with E-state index in [0.29, 0.717) is 0 Å². The summed E-state index contributed by atoms with van der Waals surface area (Å²) in [5, 5.41) is 3.16. The Morgan fingerprint density at radius 2 is 2.20 bits per heavy atom. The van der Waals surface area contributed by atoms with Crippen molar-refractivity contribution in [1.29, 1.82) is 0 Å². The van der Waals surface area contributed by atoms with Crippen LogP contribution >= 0.6 is 15.9 Å². The van der Waals surface area contributed by atoms with Gasteiger partial charge in [-0.1, -0.05) is 17.0 Å². The molecule has 0 aliphatic heterocycles. The van der Waals surface area contributed by atoms with Crippen LogP contribution < -0.4 is 0 Å². The van der Waals surface area contributed by atoms with Crippen LogP contribution in [0.25, 0.3) is 10.4 Å². The molecule has 15 heavy (non-hydrogen) atoms. The van der Waals surface area contributed by atoms with Gasteiger partial charge in [0, 0.05) is 15.5 Å². The lowest BCUT2D eigenvalue weighted by molar-refractivity contribution is 0.579. The zero-order chi connectivity index (χ0) is 11.3. The Morgan fingerprint density at radius 3 is 2.80 bits per heavy atom. The highest BCUT2D eigenvalue weighted by Gasteiger charge is 2.06. The van der Waals surface area contributed by atoms with Crippen molar-refractivity contribution in [1.82, 2.24) is 0 Å². The second-order valence-corrected chi connectivity index (χ2v) is 3.29. The summed E-state index contributed by atoms with van der Waals surface area (Å²) in [6.07, 6.45) is 0. The molecule has 0 aromatic heterocycles. The molecule has 0 unspecified atom stereocenters. The van der Waals surface area contributed by atoms with E-state index in [-0.39, 0.29) is 16.6 Å². The summed E-state index contributed by atoms with van der Waals surface area (Å²) in [6.45, 7) is -0.0558. The van der Waals surface area contributed by atoms with E-state index in [1.54, 1.807) is 0 Å². The predicted molar refractivity (Wildman–Crippen MR) is 54.9 cm³/mol. The topological polar surface area (TPSA) is 48.8 Å². The van der Waals surface area contributed by atoms with Crippen LogP contribution in [-0.2, 0) is 0 Å². The van der Waals surface area contributed by atoms with Gasteiger partial charge in [-0.05, 0) is 27.5 Å². The Morgan fingerprint density at radius 1 is 1.47 bits per heavy atom. The van der Waals surface area contributed by atoms with Crippen molar-refractivity contribution >= 4 is 15.9 Å². The molecular weight excluding hydrogens is 268 g/mol. The van der Waals surface area contributed by atoms with E-state index in [9.17, 15) is 8.78 Å². The molecule has 0 bridgehead atoms. The van der Waals surface area contributed by atoms with Crippen molar-refractivity contribution in [3.63, 3.8) is 0 Å². The fourth-order valence-electron chi connectivity index (χ4n) is 0.857. The van der Waals surface area contributed by atoms with Crippen LogP contribution in [-0.4, -0.2) is 6.54 Å². The molecule has 0 heterocycles. The number of azide groups is 1. The van der Waals surface area contributed by atoms with Crippen LogP contribution in [0.5, 0.6) is 0 Å². The van der Waals surface area contributed by atoms with E-state index in [1.165, 1.54) is 0 Å².